The van der Waals surface area contributed by atoms with Crippen molar-refractivity contribution in [3.8, 4) is 10.4 Å². The lowest BCUT2D eigenvalue weighted by Crippen LogP contribution is -1.83. The van der Waals surface area contributed by atoms with Gasteiger partial charge in [0, 0.05) is 17.3 Å². The first-order chi connectivity index (χ1) is 6.42. The van der Waals surface area contributed by atoms with Crippen molar-refractivity contribution in [3.63, 3.8) is 0 Å². The van der Waals surface area contributed by atoms with Crippen LogP contribution >= 0.6 is 11.3 Å². The van der Waals surface area contributed by atoms with Crippen LogP contribution < -0.4 is 0 Å². The average Bonchev–Trinajstić information content (AvgIpc) is 2.70. The van der Waals surface area contributed by atoms with Gasteiger partial charge in [-0.3, -0.25) is 9.78 Å². The molecule has 0 unspecified atom stereocenters. The summed E-state index contributed by atoms with van der Waals surface area (Å²) >= 11 is 1.54. The number of benzene rings is 1. The van der Waals surface area contributed by atoms with Gasteiger partial charge in [0.2, 0.25) is 0 Å². The van der Waals surface area contributed by atoms with Crippen molar-refractivity contribution in [2.24, 2.45) is 0 Å². The third-order valence-corrected chi connectivity index (χ3v) is 2.59. The van der Waals surface area contributed by atoms with E-state index in [1.807, 2.05) is 24.3 Å². The van der Waals surface area contributed by atoms with Gasteiger partial charge in [-0.2, -0.15) is 0 Å². The Bertz CT molecular complexity index is 409. The summed E-state index contributed by atoms with van der Waals surface area (Å²) in [5.41, 5.74) is 3.43. The van der Waals surface area contributed by atoms with Gasteiger partial charge in [0.15, 0.2) is 6.29 Å². The van der Waals surface area contributed by atoms with Gasteiger partial charge in [-0.1, -0.05) is 24.3 Å². The quantitative estimate of drug-likeness (QED) is 0.680. The zero-order chi connectivity index (χ0) is 9.10. The second kappa shape index (κ2) is 3.49. The summed E-state index contributed by atoms with van der Waals surface area (Å²) in [5.74, 6) is 0. The molecule has 0 aliphatic carbocycles. The number of hydrogen-bond donors (Lipinski definition) is 0. The maximum atomic E-state index is 10.7. The minimum absolute atomic E-state index is 0.715. The fraction of sp³-hybridized carbons (Fsp3) is 0. The average molecular weight is 189 g/mol. The molecule has 1 aromatic heterocycles. The first kappa shape index (κ1) is 8.13. The molecule has 2 rings (SSSR count). The van der Waals surface area contributed by atoms with Crippen molar-refractivity contribution in [3.05, 3.63) is 41.5 Å². The number of nitrogens with zero attached hydrogens (tertiary/aromatic N) is 1. The van der Waals surface area contributed by atoms with E-state index in [1.54, 1.807) is 11.7 Å². The molecule has 0 amide bonds. The van der Waals surface area contributed by atoms with Gasteiger partial charge in [-0.15, -0.1) is 11.3 Å². The Morgan fingerprint density at radius 2 is 2.15 bits per heavy atom. The topological polar surface area (TPSA) is 30.0 Å². The van der Waals surface area contributed by atoms with Crippen LogP contribution in [-0.2, 0) is 0 Å². The summed E-state index contributed by atoms with van der Waals surface area (Å²) in [6.45, 7) is 0. The fourth-order valence-corrected chi connectivity index (χ4v) is 1.84. The van der Waals surface area contributed by atoms with Crippen molar-refractivity contribution in [1.82, 2.24) is 4.98 Å². The molecule has 0 aliphatic heterocycles. The van der Waals surface area contributed by atoms with Crippen molar-refractivity contribution in [2.75, 3.05) is 0 Å². The van der Waals surface area contributed by atoms with Gasteiger partial charge in [-0.25, -0.2) is 0 Å². The third kappa shape index (κ3) is 1.51. The number of aromatic nitrogens is 1. The summed E-state index contributed by atoms with van der Waals surface area (Å²) in [7, 11) is 0. The lowest BCUT2D eigenvalue weighted by Gasteiger charge is -1.98. The van der Waals surface area contributed by atoms with Crippen LogP contribution in [0.3, 0.4) is 0 Å². The van der Waals surface area contributed by atoms with Gasteiger partial charge < -0.3 is 0 Å². The smallest absolute Gasteiger partial charge is 0.150 e. The summed E-state index contributed by atoms with van der Waals surface area (Å²) in [4.78, 5) is 15.7. The zero-order valence-electron chi connectivity index (χ0n) is 6.81. The van der Waals surface area contributed by atoms with Gasteiger partial charge in [0.25, 0.3) is 0 Å². The largest absolute Gasteiger partial charge is 0.298 e. The van der Waals surface area contributed by atoms with Gasteiger partial charge in [-0.05, 0) is 0 Å². The molecule has 0 fully saturated rings. The molecule has 0 bridgehead atoms. The number of rotatable bonds is 2. The monoisotopic (exact) mass is 189 g/mol. The molecule has 0 spiro atoms. The molecule has 13 heavy (non-hydrogen) atoms. The lowest BCUT2D eigenvalue weighted by atomic mass is 10.1. The van der Waals surface area contributed by atoms with Crippen molar-refractivity contribution in [1.29, 1.82) is 0 Å². The molecule has 64 valence electrons. The van der Waals surface area contributed by atoms with Gasteiger partial charge in [0.05, 0.1) is 10.4 Å². The van der Waals surface area contributed by atoms with Crippen molar-refractivity contribution < 1.29 is 4.79 Å². The van der Waals surface area contributed by atoms with E-state index in [0.717, 1.165) is 16.7 Å². The Hall–Kier alpha value is -1.48. The Labute approximate surface area is 79.9 Å². The lowest BCUT2D eigenvalue weighted by molar-refractivity contribution is 0.112. The predicted octanol–water partition coefficient (Wildman–Crippen LogP) is 2.62. The maximum Gasteiger partial charge on any atom is 0.150 e. The Kier molecular flexibility index (Phi) is 2.19. The maximum absolute atomic E-state index is 10.7. The van der Waals surface area contributed by atoms with Crippen molar-refractivity contribution >= 4 is 17.6 Å². The van der Waals surface area contributed by atoms with E-state index in [0.29, 0.717) is 5.56 Å². The normalized spacial score (nSPS) is 9.85. The summed E-state index contributed by atoms with van der Waals surface area (Å²) in [6, 6.07) is 7.51. The van der Waals surface area contributed by atoms with Gasteiger partial charge >= 0.3 is 0 Å². The summed E-state index contributed by atoms with van der Waals surface area (Å²) in [6.07, 6.45) is 2.64. The molecule has 2 nitrogen and oxygen atoms in total. The molecular formula is C10H7NOS. The molecular weight excluding hydrogens is 182 g/mol. The molecule has 3 heteroatoms. The van der Waals surface area contributed by atoms with E-state index in [1.165, 1.54) is 11.3 Å². The highest BCUT2D eigenvalue weighted by atomic mass is 32.1. The standard InChI is InChI=1S/C10H7NOS/c12-6-8-3-1-2-4-9(8)10-5-11-7-13-10/h1-7H. The van der Waals surface area contributed by atoms with E-state index in [9.17, 15) is 4.79 Å². The number of aldehydes is 1. The Morgan fingerprint density at radius 1 is 1.31 bits per heavy atom. The molecule has 0 radical (unpaired) electrons. The van der Waals surface area contributed by atoms with Crippen LogP contribution in [0.5, 0.6) is 0 Å². The summed E-state index contributed by atoms with van der Waals surface area (Å²) < 4.78 is 0. The first-order valence-corrected chi connectivity index (χ1v) is 4.73. The van der Waals surface area contributed by atoms with Crippen LogP contribution in [0, 0.1) is 0 Å². The molecule has 0 aliphatic rings. The molecule has 2 aromatic rings. The molecule has 1 aromatic carbocycles. The fourth-order valence-electron chi connectivity index (χ4n) is 1.17. The SMILES string of the molecule is O=Cc1ccccc1-c1cncs1. The zero-order valence-corrected chi connectivity index (χ0v) is 7.62. The van der Waals surface area contributed by atoms with Crippen LogP contribution in [0.1, 0.15) is 10.4 Å². The highest BCUT2D eigenvalue weighted by Gasteiger charge is 2.03. The van der Waals surface area contributed by atoms with Crippen LogP contribution in [0.4, 0.5) is 0 Å². The van der Waals surface area contributed by atoms with Crippen molar-refractivity contribution in [2.45, 2.75) is 0 Å². The van der Waals surface area contributed by atoms with Gasteiger partial charge in [0.1, 0.15) is 0 Å². The number of carbonyl (C=O) groups is 1. The molecule has 0 saturated heterocycles. The Balaban J connectivity index is 2.57. The first-order valence-electron chi connectivity index (χ1n) is 3.85. The Morgan fingerprint density at radius 3 is 2.85 bits per heavy atom. The number of thiazole rings is 1. The van der Waals surface area contributed by atoms with Crippen LogP contribution in [0.2, 0.25) is 0 Å². The molecule has 0 saturated carbocycles. The van der Waals surface area contributed by atoms with E-state index >= 15 is 0 Å². The van der Waals surface area contributed by atoms with Crippen LogP contribution in [0.15, 0.2) is 36.0 Å². The predicted molar refractivity (Wildman–Crippen MR) is 52.9 cm³/mol. The highest BCUT2D eigenvalue weighted by Crippen LogP contribution is 2.25. The summed E-state index contributed by atoms with van der Waals surface area (Å²) in [5, 5.41) is 0. The van der Waals surface area contributed by atoms with E-state index in [-0.39, 0.29) is 0 Å². The van der Waals surface area contributed by atoms with Crippen LogP contribution in [-0.4, -0.2) is 11.3 Å². The molecule has 0 atom stereocenters. The highest BCUT2D eigenvalue weighted by molar-refractivity contribution is 7.13. The number of hydrogen-bond acceptors (Lipinski definition) is 3. The third-order valence-electron chi connectivity index (χ3n) is 1.79. The van der Waals surface area contributed by atoms with Crippen LogP contribution in [0.25, 0.3) is 10.4 Å². The number of carbonyl (C=O) groups excluding carboxylic acids is 1. The second-order valence-electron chi connectivity index (χ2n) is 2.57. The molecule has 0 N–H and O–H groups in total. The molecule has 1 heterocycles. The van der Waals surface area contributed by atoms with E-state index < -0.39 is 0 Å². The minimum Gasteiger partial charge on any atom is -0.298 e. The second-order valence-corrected chi connectivity index (χ2v) is 3.46. The van der Waals surface area contributed by atoms with E-state index in [4.69, 9.17) is 0 Å². The van der Waals surface area contributed by atoms with E-state index in [2.05, 4.69) is 4.98 Å². The minimum atomic E-state index is 0.715.